The van der Waals surface area contributed by atoms with Crippen LogP contribution in [0.5, 0.6) is 0 Å². The van der Waals surface area contributed by atoms with Crippen LogP contribution in [0.2, 0.25) is 0 Å². The molecule has 0 aliphatic carbocycles. The maximum absolute atomic E-state index is 5.88. The Morgan fingerprint density at radius 1 is 1.09 bits per heavy atom. The highest BCUT2D eigenvalue weighted by molar-refractivity contribution is 6.21. The minimum atomic E-state index is 0.207. The van der Waals surface area contributed by atoms with Crippen LogP contribution in [-0.2, 0) is 0 Å². The van der Waals surface area contributed by atoms with Gasteiger partial charge in [-0.3, -0.25) is 0 Å². The predicted octanol–water partition coefficient (Wildman–Crippen LogP) is 4.05. The summed E-state index contributed by atoms with van der Waals surface area (Å²) in [7, 11) is 0. The molecule has 0 aromatic carbocycles. The molecule has 0 spiro atoms. The Kier molecular flexibility index (Phi) is 6.46. The maximum Gasteiger partial charge on any atom is 0.0291 e. The van der Waals surface area contributed by atoms with Crippen molar-refractivity contribution in [2.45, 2.75) is 39.5 Å². The molecule has 68 valence electrons. The van der Waals surface area contributed by atoms with E-state index < -0.39 is 0 Å². The lowest BCUT2D eigenvalue weighted by molar-refractivity contribution is 0.323. The zero-order valence-electron chi connectivity index (χ0n) is 7.50. The number of halogens is 2. The largest absolute Gasteiger partial charge is 0.126 e. The standard InChI is InChI=1S/C9H18Cl2/c1-3-5-6-9(4-2,7-10)8-11/h3-8H2,1-2H3. The molecule has 0 saturated heterocycles. The molecule has 0 heterocycles. The molecular formula is C9H18Cl2. The highest BCUT2D eigenvalue weighted by atomic mass is 35.5. The van der Waals surface area contributed by atoms with E-state index in [1.165, 1.54) is 19.3 Å². The van der Waals surface area contributed by atoms with Crippen LogP contribution in [0.25, 0.3) is 0 Å². The minimum Gasteiger partial charge on any atom is -0.126 e. The van der Waals surface area contributed by atoms with Gasteiger partial charge in [0.15, 0.2) is 0 Å². The molecule has 0 saturated carbocycles. The number of hydrogen-bond acceptors (Lipinski definition) is 0. The minimum absolute atomic E-state index is 0.207. The van der Waals surface area contributed by atoms with Crippen molar-refractivity contribution in [3.05, 3.63) is 0 Å². The number of alkyl halides is 2. The fourth-order valence-corrected chi connectivity index (χ4v) is 2.02. The van der Waals surface area contributed by atoms with Crippen molar-refractivity contribution in [3.63, 3.8) is 0 Å². The van der Waals surface area contributed by atoms with Gasteiger partial charge in [0, 0.05) is 11.8 Å². The summed E-state index contributed by atoms with van der Waals surface area (Å²) in [6, 6.07) is 0. The Morgan fingerprint density at radius 2 is 1.64 bits per heavy atom. The summed E-state index contributed by atoms with van der Waals surface area (Å²) in [5.74, 6) is 1.40. The molecule has 0 aromatic heterocycles. The normalized spacial score (nSPS) is 12.0. The molecule has 0 aliphatic rings. The van der Waals surface area contributed by atoms with Gasteiger partial charge in [0.25, 0.3) is 0 Å². The molecule has 0 aromatic rings. The zero-order chi connectivity index (χ0) is 8.74. The van der Waals surface area contributed by atoms with Crippen LogP contribution in [0.4, 0.5) is 0 Å². The van der Waals surface area contributed by atoms with E-state index in [-0.39, 0.29) is 5.41 Å². The van der Waals surface area contributed by atoms with Crippen LogP contribution in [0, 0.1) is 5.41 Å². The summed E-state index contributed by atoms with van der Waals surface area (Å²) in [6.07, 6.45) is 4.75. The predicted molar refractivity (Wildman–Crippen MR) is 53.7 cm³/mol. The van der Waals surface area contributed by atoms with Gasteiger partial charge in [-0.15, -0.1) is 23.2 Å². The van der Waals surface area contributed by atoms with Gasteiger partial charge >= 0.3 is 0 Å². The Hall–Kier alpha value is 0.580. The van der Waals surface area contributed by atoms with E-state index >= 15 is 0 Å². The second kappa shape index (κ2) is 6.14. The summed E-state index contributed by atoms with van der Waals surface area (Å²) in [5.41, 5.74) is 0.207. The molecule has 0 amide bonds. The van der Waals surface area contributed by atoms with Gasteiger partial charge in [0.2, 0.25) is 0 Å². The fourth-order valence-electron chi connectivity index (χ4n) is 1.09. The molecule has 0 aliphatic heterocycles. The molecule has 11 heavy (non-hydrogen) atoms. The van der Waals surface area contributed by atoms with Crippen LogP contribution >= 0.6 is 23.2 Å². The fraction of sp³-hybridized carbons (Fsp3) is 1.00. The monoisotopic (exact) mass is 196 g/mol. The van der Waals surface area contributed by atoms with Crippen molar-refractivity contribution in [1.82, 2.24) is 0 Å². The summed E-state index contributed by atoms with van der Waals surface area (Å²) >= 11 is 11.8. The number of hydrogen-bond donors (Lipinski definition) is 0. The van der Waals surface area contributed by atoms with Crippen molar-refractivity contribution in [3.8, 4) is 0 Å². The quantitative estimate of drug-likeness (QED) is 0.563. The van der Waals surface area contributed by atoms with Crippen LogP contribution in [0.15, 0.2) is 0 Å². The lowest BCUT2D eigenvalue weighted by Crippen LogP contribution is -2.23. The first-order valence-corrected chi connectivity index (χ1v) is 5.43. The topological polar surface area (TPSA) is 0 Å². The Bertz CT molecular complexity index is 79.3. The molecule has 2 heteroatoms. The van der Waals surface area contributed by atoms with Crippen LogP contribution < -0.4 is 0 Å². The third-order valence-electron chi connectivity index (χ3n) is 2.38. The molecule has 0 bridgehead atoms. The molecule has 0 nitrogen and oxygen atoms in total. The first kappa shape index (κ1) is 11.6. The van der Waals surface area contributed by atoms with Gasteiger partial charge in [0.1, 0.15) is 0 Å². The highest BCUT2D eigenvalue weighted by Gasteiger charge is 2.24. The molecule has 0 unspecified atom stereocenters. The van der Waals surface area contributed by atoms with Crippen molar-refractivity contribution in [1.29, 1.82) is 0 Å². The van der Waals surface area contributed by atoms with E-state index in [9.17, 15) is 0 Å². The number of rotatable bonds is 6. The lowest BCUT2D eigenvalue weighted by atomic mass is 9.84. The van der Waals surface area contributed by atoms with Gasteiger partial charge in [0.05, 0.1) is 0 Å². The summed E-state index contributed by atoms with van der Waals surface area (Å²) < 4.78 is 0. The smallest absolute Gasteiger partial charge is 0.0291 e. The van der Waals surface area contributed by atoms with Crippen LogP contribution in [0.1, 0.15) is 39.5 Å². The van der Waals surface area contributed by atoms with Gasteiger partial charge in [-0.1, -0.05) is 26.7 Å². The van der Waals surface area contributed by atoms with Crippen molar-refractivity contribution in [2.24, 2.45) is 5.41 Å². The molecule has 0 rings (SSSR count). The average Bonchev–Trinajstić information content (AvgIpc) is 2.08. The van der Waals surface area contributed by atoms with E-state index in [1.54, 1.807) is 0 Å². The Balaban J connectivity index is 3.84. The highest BCUT2D eigenvalue weighted by Crippen LogP contribution is 2.31. The maximum atomic E-state index is 5.88. The molecule has 0 N–H and O–H groups in total. The molecule has 0 atom stereocenters. The van der Waals surface area contributed by atoms with Gasteiger partial charge in [-0.2, -0.15) is 0 Å². The van der Waals surface area contributed by atoms with Crippen LogP contribution in [-0.4, -0.2) is 11.8 Å². The first-order valence-electron chi connectivity index (χ1n) is 4.36. The van der Waals surface area contributed by atoms with Crippen LogP contribution in [0.3, 0.4) is 0 Å². The van der Waals surface area contributed by atoms with Crippen molar-refractivity contribution in [2.75, 3.05) is 11.8 Å². The molecular weight excluding hydrogens is 179 g/mol. The van der Waals surface area contributed by atoms with E-state index in [2.05, 4.69) is 13.8 Å². The number of unbranched alkanes of at least 4 members (excludes halogenated alkanes) is 1. The van der Waals surface area contributed by atoms with Crippen molar-refractivity contribution < 1.29 is 0 Å². The zero-order valence-corrected chi connectivity index (χ0v) is 9.01. The van der Waals surface area contributed by atoms with E-state index in [0.29, 0.717) is 11.8 Å². The van der Waals surface area contributed by atoms with Gasteiger partial charge in [-0.05, 0) is 18.3 Å². The van der Waals surface area contributed by atoms with E-state index in [0.717, 1.165) is 6.42 Å². The Labute approximate surface area is 80.3 Å². The average molecular weight is 197 g/mol. The van der Waals surface area contributed by atoms with Crippen molar-refractivity contribution >= 4 is 23.2 Å². The second-order valence-corrected chi connectivity index (χ2v) is 3.76. The summed E-state index contributed by atoms with van der Waals surface area (Å²) in [5, 5.41) is 0. The SMILES string of the molecule is CCCCC(CC)(CCl)CCl. The lowest BCUT2D eigenvalue weighted by Gasteiger charge is -2.27. The summed E-state index contributed by atoms with van der Waals surface area (Å²) in [4.78, 5) is 0. The van der Waals surface area contributed by atoms with E-state index in [1.807, 2.05) is 0 Å². The van der Waals surface area contributed by atoms with Gasteiger partial charge in [-0.25, -0.2) is 0 Å². The third kappa shape index (κ3) is 3.66. The summed E-state index contributed by atoms with van der Waals surface area (Å²) in [6.45, 7) is 4.36. The Morgan fingerprint density at radius 3 is 1.91 bits per heavy atom. The first-order chi connectivity index (χ1) is 5.24. The second-order valence-electron chi connectivity index (χ2n) is 3.22. The molecule has 0 fully saturated rings. The van der Waals surface area contributed by atoms with Gasteiger partial charge < -0.3 is 0 Å². The third-order valence-corrected chi connectivity index (χ3v) is 3.51. The molecule has 0 radical (unpaired) electrons. The van der Waals surface area contributed by atoms with E-state index in [4.69, 9.17) is 23.2 Å².